The molecule has 3 nitrogen and oxygen atoms in total. The molecule has 0 aliphatic rings. The Morgan fingerprint density at radius 3 is 2.69 bits per heavy atom. The lowest BCUT2D eigenvalue weighted by molar-refractivity contribution is 0.111. The molecule has 0 aliphatic carbocycles. The third-order valence-electron chi connectivity index (χ3n) is 1.97. The van der Waals surface area contributed by atoms with E-state index in [2.05, 4.69) is 4.98 Å². The first-order valence-electron chi connectivity index (χ1n) is 4.33. The van der Waals surface area contributed by atoms with Gasteiger partial charge in [-0.2, -0.15) is 0 Å². The topological polar surface area (TPSA) is 56.0 Å². The van der Waals surface area contributed by atoms with Crippen molar-refractivity contribution < 1.29 is 4.79 Å². The fourth-order valence-electron chi connectivity index (χ4n) is 1.06. The quantitative estimate of drug-likeness (QED) is 0.714. The molecule has 3 heteroatoms. The van der Waals surface area contributed by atoms with Crippen molar-refractivity contribution in [1.82, 2.24) is 4.98 Å². The zero-order valence-corrected chi connectivity index (χ0v) is 7.90. The predicted molar refractivity (Wildman–Crippen MR) is 51.4 cm³/mol. The SMILES string of the molecule is CC(C)[C@@H](N)c1cccc(C=O)n1. The standard InChI is InChI=1S/C10H14N2O/c1-7(2)10(11)9-5-3-4-8(6-13)12-9/h3-7,10H,11H2,1-2H3/t10-/m1/s1. The summed E-state index contributed by atoms with van der Waals surface area (Å²) in [6.07, 6.45) is 0.733. The van der Waals surface area contributed by atoms with Gasteiger partial charge in [0.1, 0.15) is 5.69 Å². The fraction of sp³-hybridized carbons (Fsp3) is 0.400. The molecular formula is C10H14N2O. The van der Waals surface area contributed by atoms with Crippen LogP contribution < -0.4 is 5.73 Å². The molecule has 1 aromatic rings. The van der Waals surface area contributed by atoms with Crippen LogP contribution in [0.5, 0.6) is 0 Å². The lowest BCUT2D eigenvalue weighted by Gasteiger charge is -2.14. The first-order valence-corrected chi connectivity index (χ1v) is 4.33. The molecule has 0 radical (unpaired) electrons. The van der Waals surface area contributed by atoms with Crippen LogP contribution in [0.15, 0.2) is 18.2 Å². The summed E-state index contributed by atoms with van der Waals surface area (Å²) in [4.78, 5) is 14.6. The molecule has 0 saturated heterocycles. The van der Waals surface area contributed by atoms with Crippen LogP contribution in [0.25, 0.3) is 0 Å². The van der Waals surface area contributed by atoms with Gasteiger partial charge in [0.05, 0.1) is 5.69 Å². The largest absolute Gasteiger partial charge is 0.322 e. The van der Waals surface area contributed by atoms with Crippen molar-refractivity contribution >= 4 is 6.29 Å². The Balaban J connectivity index is 2.94. The number of carbonyl (C=O) groups is 1. The van der Waals surface area contributed by atoms with Gasteiger partial charge in [-0.1, -0.05) is 19.9 Å². The molecule has 1 aromatic heterocycles. The van der Waals surface area contributed by atoms with Crippen LogP contribution in [-0.2, 0) is 0 Å². The summed E-state index contributed by atoms with van der Waals surface area (Å²) in [5.41, 5.74) is 7.10. The molecule has 0 aliphatic heterocycles. The van der Waals surface area contributed by atoms with Crippen molar-refractivity contribution in [3.63, 3.8) is 0 Å². The van der Waals surface area contributed by atoms with Crippen LogP contribution in [0, 0.1) is 5.92 Å². The predicted octanol–water partition coefficient (Wildman–Crippen LogP) is 1.55. The lowest BCUT2D eigenvalue weighted by atomic mass is 10.0. The Hall–Kier alpha value is -1.22. The van der Waals surface area contributed by atoms with Crippen molar-refractivity contribution in [2.24, 2.45) is 11.7 Å². The molecule has 0 aromatic carbocycles. The molecule has 0 unspecified atom stereocenters. The average molecular weight is 178 g/mol. The zero-order valence-electron chi connectivity index (χ0n) is 7.90. The van der Waals surface area contributed by atoms with E-state index in [1.54, 1.807) is 12.1 Å². The summed E-state index contributed by atoms with van der Waals surface area (Å²) in [5, 5.41) is 0. The molecule has 0 spiro atoms. The fourth-order valence-corrected chi connectivity index (χ4v) is 1.06. The van der Waals surface area contributed by atoms with Gasteiger partial charge in [0.2, 0.25) is 0 Å². The lowest BCUT2D eigenvalue weighted by Crippen LogP contribution is -2.18. The molecule has 0 fully saturated rings. The Bertz CT molecular complexity index is 297. The number of pyridine rings is 1. The Kier molecular flexibility index (Phi) is 3.14. The van der Waals surface area contributed by atoms with Crippen LogP contribution in [-0.4, -0.2) is 11.3 Å². The summed E-state index contributed by atoms with van der Waals surface area (Å²) < 4.78 is 0. The number of carbonyl (C=O) groups excluding carboxylic acids is 1. The highest BCUT2D eigenvalue weighted by molar-refractivity contribution is 5.71. The van der Waals surface area contributed by atoms with E-state index in [4.69, 9.17) is 5.73 Å². The second kappa shape index (κ2) is 4.14. The highest BCUT2D eigenvalue weighted by atomic mass is 16.1. The highest BCUT2D eigenvalue weighted by Gasteiger charge is 2.11. The van der Waals surface area contributed by atoms with Gasteiger partial charge in [0.25, 0.3) is 0 Å². The average Bonchev–Trinajstić information content (AvgIpc) is 2.16. The first kappa shape index (κ1) is 9.86. The van der Waals surface area contributed by atoms with Gasteiger partial charge in [0, 0.05) is 6.04 Å². The van der Waals surface area contributed by atoms with Crippen molar-refractivity contribution in [3.8, 4) is 0 Å². The van der Waals surface area contributed by atoms with Gasteiger partial charge in [-0.15, -0.1) is 0 Å². The van der Waals surface area contributed by atoms with Crippen molar-refractivity contribution in [3.05, 3.63) is 29.6 Å². The molecule has 0 amide bonds. The van der Waals surface area contributed by atoms with Crippen LogP contribution in [0.1, 0.15) is 36.1 Å². The van der Waals surface area contributed by atoms with Crippen molar-refractivity contribution in [1.29, 1.82) is 0 Å². The Morgan fingerprint density at radius 2 is 2.15 bits per heavy atom. The molecule has 2 N–H and O–H groups in total. The molecule has 13 heavy (non-hydrogen) atoms. The van der Waals surface area contributed by atoms with Crippen molar-refractivity contribution in [2.75, 3.05) is 0 Å². The van der Waals surface area contributed by atoms with Gasteiger partial charge in [-0.25, -0.2) is 4.98 Å². The summed E-state index contributed by atoms with van der Waals surface area (Å²) >= 11 is 0. The van der Waals surface area contributed by atoms with E-state index in [-0.39, 0.29) is 6.04 Å². The summed E-state index contributed by atoms with van der Waals surface area (Å²) in [6.45, 7) is 4.06. The maximum Gasteiger partial charge on any atom is 0.168 e. The smallest absolute Gasteiger partial charge is 0.168 e. The minimum absolute atomic E-state index is 0.0973. The third-order valence-corrected chi connectivity index (χ3v) is 1.97. The Labute approximate surface area is 78.0 Å². The van der Waals surface area contributed by atoms with E-state index in [0.29, 0.717) is 11.6 Å². The number of hydrogen-bond acceptors (Lipinski definition) is 3. The number of aldehydes is 1. The van der Waals surface area contributed by atoms with E-state index < -0.39 is 0 Å². The molecule has 1 atom stereocenters. The maximum absolute atomic E-state index is 10.4. The van der Waals surface area contributed by atoms with E-state index in [9.17, 15) is 4.79 Å². The van der Waals surface area contributed by atoms with E-state index in [1.807, 2.05) is 19.9 Å². The molecule has 1 heterocycles. The normalized spacial score (nSPS) is 12.9. The van der Waals surface area contributed by atoms with Gasteiger partial charge >= 0.3 is 0 Å². The van der Waals surface area contributed by atoms with E-state index in [1.165, 1.54) is 0 Å². The minimum atomic E-state index is -0.0973. The van der Waals surface area contributed by atoms with Crippen molar-refractivity contribution in [2.45, 2.75) is 19.9 Å². The number of rotatable bonds is 3. The van der Waals surface area contributed by atoms with Crippen LogP contribution in [0.4, 0.5) is 0 Å². The molecule has 70 valence electrons. The summed E-state index contributed by atoms with van der Waals surface area (Å²) in [7, 11) is 0. The monoisotopic (exact) mass is 178 g/mol. The Morgan fingerprint density at radius 1 is 1.46 bits per heavy atom. The maximum atomic E-state index is 10.4. The molecule has 0 bridgehead atoms. The van der Waals surface area contributed by atoms with Gasteiger partial charge in [0.15, 0.2) is 6.29 Å². The highest BCUT2D eigenvalue weighted by Crippen LogP contribution is 2.16. The number of hydrogen-bond donors (Lipinski definition) is 1. The summed E-state index contributed by atoms with van der Waals surface area (Å²) in [6, 6.07) is 5.22. The molecule has 0 saturated carbocycles. The number of nitrogens with zero attached hydrogens (tertiary/aromatic N) is 1. The van der Waals surface area contributed by atoms with Gasteiger partial charge in [-0.3, -0.25) is 4.79 Å². The third kappa shape index (κ3) is 2.36. The first-order chi connectivity index (χ1) is 6.15. The second-order valence-electron chi connectivity index (χ2n) is 3.37. The van der Waals surface area contributed by atoms with Crippen LogP contribution in [0.2, 0.25) is 0 Å². The number of nitrogens with two attached hydrogens (primary N) is 1. The van der Waals surface area contributed by atoms with E-state index in [0.717, 1.165) is 12.0 Å². The van der Waals surface area contributed by atoms with E-state index >= 15 is 0 Å². The van der Waals surface area contributed by atoms with Gasteiger partial charge < -0.3 is 5.73 Å². The zero-order chi connectivity index (χ0) is 9.84. The molecular weight excluding hydrogens is 164 g/mol. The van der Waals surface area contributed by atoms with Crippen LogP contribution >= 0.6 is 0 Å². The minimum Gasteiger partial charge on any atom is -0.322 e. The molecule has 1 rings (SSSR count). The van der Waals surface area contributed by atoms with Gasteiger partial charge in [-0.05, 0) is 18.1 Å². The second-order valence-corrected chi connectivity index (χ2v) is 3.37. The van der Waals surface area contributed by atoms with Crippen LogP contribution in [0.3, 0.4) is 0 Å². The number of aromatic nitrogens is 1. The summed E-state index contributed by atoms with van der Waals surface area (Å²) in [5.74, 6) is 0.328.